The van der Waals surface area contributed by atoms with Gasteiger partial charge in [-0.1, -0.05) is 85.8 Å². The molecular weight excluding hydrogens is 644 g/mol. The van der Waals surface area contributed by atoms with Gasteiger partial charge in [-0.25, -0.2) is 4.13 Å². The van der Waals surface area contributed by atoms with E-state index in [2.05, 4.69) is 96.3 Å². The minimum Gasteiger partial charge on any atom is -0.304 e. The van der Waals surface area contributed by atoms with Crippen LogP contribution in [0.3, 0.4) is 0 Å². The second kappa shape index (κ2) is 15.8. The van der Waals surface area contributed by atoms with Gasteiger partial charge in [0.15, 0.2) is 14.7 Å². The molecule has 0 amide bonds. The molecule has 3 aromatic carbocycles. The van der Waals surface area contributed by atoms with Crippen LogP contribution in [-0.2, 0) is 10.9 Å². The third-order valence-electron chi connectivity index (χ3n) is 6.33. The summed E-state index contributed by atoms with van der Waals surface area (Å²) in [5.74, 6) is -13.5. The van der Waals surface area contributed by atoms with E-state index < -0.39 is 35.2 Å². The van der Waals surface area contributed by atoms with Crippen molar-refractivity contribution in [1.29, 1.82) is 0 Å². The Bertz CT molecular complexity index is 1120. The highest BCUT2D eigenvalue weighted by molar-refractivity contribution is 8.13. The van der Waals surface area contributed by atoms with Crippen molar-refractivity contribution in [3.63, 3.8) is 0 Å². The monoisotopic (exact) mass is 673 g/mol. The van der Waals surface area contributed by atoms with E-state index >= 15 is 0 Å². The molecule has 1 aliphatic carbocycles. The molecule has 0 radical (unpaired) electrons. The van der Waals surface area contributed by atoms with Gasteiger partial charge in [-0.2, -0.15) is 39.5 Å². The predicted molar refractivity (Wildman–Crippen MR) is 156 cm³/mol. The molecule has 2 nitrogen and oxygen atoms in total. The minimum absolute atomic E-state index is 0.00891. The van der Waals surface area contributed by atoms with Crippen molar-refractivity contribution in [1.82, 2.24) is 9.44 Å². The van der Waals surface area contributed by atoms with Crippen molar-refractivity contribution in [2.75, 3.05) is 5.88 Å². The molecule has 1 saturated carbocycles. The number of rotatable bonds is 11. The Morgan fingerprint density at radius 1 is 0.605 bits per heavy atom. The maximum Gasteiger partial charge on any atom is 0.460 e. The summed E-state index contributed by atoms with van der Waals surface area (Å²) >= 11 is -0.705. The highest BCUT2D eigenvalue weighted by atomic mass is 32.2. The van der Waals surface area contributed by atoms with E-state index in [0.29, 0.717) is 11.9 Å². The zero-order valence-electron chi connectivity index (χ0n) is 22.6. The molecule has 3 aromatic rings. The van der Waals surface area contributed by atoms with E-state index in [1.807, 2.05) is 0 Å². The van der Waals surface area contributed by atoms with Gasteiger partial charge >= 0.3 is 23.3 Å². The van der Waals surface area contributed by atoms with Crippen LogP contribution in [-0.4, -0.2) is 35.2 Å². The summed E-state index contributed by atoms with van der Waals surface area (Å²) in [5.41, 5.74) is 0. The standard InChI is InChI=1S/C18H15S.C11H15F9N2S2/c1-4-10-16(11-5-1)19(17-12-6-2-7-13-17)18-14-8-3-9-15-18;12-8(13,10(16,17)18)9(14,15)11(19,20)24-22-23-6-21-7-4-2-1-3-5-7/h1-15H;7,21-22H,1-6H2/q+1;. The molecule has 1 fully saturated rings. The minimum atomic E-state index is -6.86. The van der Waals surface area contributed by atoms with Gasteiger partial charge in [-0.05, 0) is 49.2 Å². The second-order valence-corrected chi connectivity index (χ2v) is 13.4. The van der Waals surface area contributed by atoms with Gasteiger partial charge in [-0.3, -0.25) is 0 Å². The van der Waals surface area contributed by atoms with Crippen LogP contribution < -0.4 is 9.44 Å². The number of benzene rings is 3. The highest BCUT2D eigenvalue weighted by Gasteiger charge is 2.82. The molecule has 1 aliphatic rings. The first-order chi connectivity index (χ1) is 20.3. The lowest BCUT2D eigenvalue weighted by molar-refractivity contribution is -0.381. The maximum absolute atomic E-state index is 13.1. The lowest BCUT2D eigenvalue weighted by Crippen LogP contribution is -2.60. The van der Waals surface area contributed by atoms with Crippen LogP contribution in [0.2, 0.25) is 0 Å². The van der Waals surface area contributed by atoms with Gasteiger partial charge in [0, 0.05) is 18.0 Å². The molecule has 236 valence electrons. The first kappa shape index (κ1) is 35.5. The molecule has 0 unspecified atom stereocenters. The second-order valence-electron chi connectivity index (χ2n) is 9.42. The molecule has 0 heterocycles. The lowest BCUT2D eigenvalue weighted by atomic mass is 9.96. The van der Waals surface area contributed by atoms with Gasteiger partial charge in [0.05, 0.1) is 16.8 Å². The van der Waals surface area contributed by atoms with Gasteiger partial charge in [0.1, 0.15) is 0 Å². The van der Waals surface area contributed by atoms with E-state index in [4.69, 9.17) is 0 Å². The maximum atomic E-state index is 13.1. The largest absolute Gasteiger partial charge is 0.460 e. The van der Waals surface area contributed by atoms with E-state index in [1.165, 1.54) is 14.7 Å². The molecule has 0 bridgehead atoms. The quantitative estimate of drug-likeness (QED) is 0.0696. The van der Waals surface area contributed by atoms with E-state index in [9.17, 15) is 39.5 Å². The van der Waals surface area contributed by atoms with E-state index in [-0.39, 0.29) is 22.8 Å². The van der Waals surface area contributed by atoms with Crippen LogP contribution in [0.4, 0.5) is 39.5 Å². The number of halogens is 9. The Kier molecular flexibility index (Phi) is 13.1. The normalized spacial score (nSPS) is 15.2. The van der Waals surface area contributed by atoms with Crippen LogP contribution in [0.1, 0.15) is 32.1 Å². The molecule has 0 atom stereocenters. The molecular formula is C29H30F9N2S3+. The predicted octanol–water partition coefficient (Wildman–Crippen LogP) is 9.96. The number of hydrogen-bond donors (Lipinski definition) is 2. The number of hydrogen-bond acceptors (Lipinski definition) is 4. The fraction of sp³-hybridized carbons (Fsp3) is 0.379. The third kappa shape index (κ3) is 9.49. The van der Waals surface area contributed by atoms with Crippen LogP contribution in [0.5, 0.6) is 0 Å². The summed E-state index contributed by atoms with van der Waals surface area (Å²) < 4.78 is 115. The molecule has 0 saturated heterocycles. The lowest BCUT2D eigenvalue weighted by Gasteiger charge is -2.32. The summed E-state index contributed by atoms with van der Waals surface area (Å²) in [5, 5.41) is -2.74. The fourth-order valence-electron chi connectivity index (χ4n) is 4.08. The van der Waals surface area contributed by atoms with Crippen molar-refractivity contribution in [3.05, 3.63) is 91.0 Å². The number of alkyl halides is 9. The average molecular weight is 674 g/mol. The molecule has 14 heteroatoms. The molecule has 4 rings (SSSR count). The Morgan fingerprint density at radius 3 is 1.42 bits per heavy atom. The van der Waals surface area contributed by atoms with Crippen LogP contribution in [0.25, 0.3) is 0 Å². The topological polar surface area (TPSA) is 24.1 Å². The van der Waals surface area contributed by atoms with Crippen molar-refractivity contribution in [2.45, 2.75) is 76.1 Å². The van der Waals surface area contributed by atoms with E-state index in [0.717, 1.165) is 32.1 Å². The van der Waals surface area contributed by atoms with Crippen molar-refractivity contribution >= 4 is 34.8 Å². The Hall–Kier alpha value is -2.00. The molecule has 0 aliphatic heterocycles. The van der Waals surface area contributed by atoms with Crippen molar-refractivity contribution in [3.8, 4) is 0 Å². The summed E-state index contributed by atoms with van der Waals surface area (Å²) in [6.45, 7) is 0. The smallest absolute Gasteiger partial charge is 0.304 e. The third-order valence-corrected chi connectivity index (χ3v) is 10.2. The zero-order valence-corrected chi connectivity index (χ0v) is 25.1. The van der Waals surface area contributed by atoms with Gasteiger partial charge in [-0.15, -0.1) is 0 Å². The fourth-order valence-corrected chi connectivity index (χ4v) is 7.65. The highest BCUT2D eigenvalue weighted by Crippen LogP contribution is 2.56. The molecule has 0 spiro atoms. The van der Waals surface area contributed by atoms with Gasteiger partial charge < -0.3 is 5.32 Å². The zero-order chi connectivity index (χ0) is 31.6. The summed E-state index contributed by atoms with van der Waals surface area (Å²) in [4.78, 5) is 4.08. The van der Waals surface area contributed by atoms with E-state index in [1.54, 1.807) is 4.13 Å². The Labute approximate surface area is 256 Å². The van der Waals surface area contributed by atoms with Crippen molar-refractivity contribution in [2.24, 2.45) is 0 Å². The Balaban J connectivity index is 0.000000241. The summed E-state index contributed by atoms with van der Waals surface area (Å²) in [6.07, 6.45) is -2.02. The SMILES string of the molecule is FC(F)(F)C(F)(F)C(F)(F)C(F)(F)SNSCNC1CCCCC1.c1ccc([S+](c2ccccc2)c2ccccc2)cc1. The average Bonchev–Trinajstić information content (AvgIpc) is 2.99. The molecule has 2 N–H and O–H groups in total. The van der Waals surface area contributed by atoms with Crippen LogP contribution >= 0.6 is 23.9 Å². The van der Waals surface area contributed by atoms with Crippen molar-refractivity contribution < 1.29 is 39.5 Å². The van der Waals surface area contributed by atoms with Crippen LogP contribution in [0, 0.1) is 0 Å². The first-order valence-electron chi connectivity index (χ1n) is 13.2. The summed E-state index contributed by atoms with van der Waals surface area (Å²) in [7, 11) is -0.0146. The molecule has 43 heavy (non-hydrogen) atoms. The summed E-state index contributed by atoms with van der Waals surface area (Å²) in [6, 6.07) is 32.3. The Morgan fingerprint density at radius 2 is 1.02 bits per heavy atom. The van der Waals surface area contributed by atoms with Gasteiger partial charge in [0.25, 0.3) is 0 Å². The van der Waals surface area contributed by atoms with Crippen LogP contribution in [0.15, 0.2) is 106 Å². The first-order valence-corrected chi connectivity index (χ1v) is 16.2. The molecule has 0 aromatic heterocycles. The number of nitrogens with one attached hydrogen (secondary N) is 2. The van der Waals surface area contributed by atoms with Gasteiger partial charge in [0.2, 0.25) is 0 Å².